The van der Waals surface area contributed by atoms with Crippen LogP contribution in [-0.4, -0.2) is 0 Å². The molecule has 0 radical (unpaired) electrons. The van der Waals surface area contributed by atoms with Gasteiger partial charge in [0.1, 0.15) is 0 Å². The molecule has 0 N–H and O–H groups in total. The van der Waals surface area contributed by atoms with Crippen molar-refractivity contribution >= 4 is 72.1 Å². The molecule has 1 nitrogen and oxygen atoms in total. The Bertz CT molecular complexity index is 4170. The van der Waals surface area contributed by atoms with E-state index in [1.165, 1.54) is 118 Å². The SMILES string of the molecule is c1ccc2c(c1)Sc1ccccc1C21c2ccccc2-c2cc(N(c3ccc(-c4cccc5sc6ccccc6c45)cc3)c3cccc4c3-c3ccccc3C43c4ccccc4Sc4ccccc43)ccc21. The summed E-state index contributed by atoms with van der Waals surface area (Å²) in [7, 11) is 0. The van der Waals surface area contributed by atoms with Crippen molar-refractivity contribution in [2.45, 2.75) is 30.4 Å². The van der Waals surface area contributed by atoms with Gasteiger partial charge in [0.15, 0.2) is 0 Å². The average molecular weight is 968 g/mol. The summed E-state index contributed by atoms with van der Waals surface area (Å²) in [6, 6.07) is 94.2. The van der Waals surface area contributed by atoms with E-state index in [-0.39, 0.29) is 0 Å². The van der Waals surface area contributed by atoms with E-state index in [1.807, 2.05) is 34.9 Å². The number of hydrogen-bond donors (Lipinski definition) is 0. The van der Waals surface area contributed by atoms with Gasteiger partial charge >= 0.3 is 0 Å². The Morgan fingerprint density at radius 2 is 0.764 bits per heavy atom. The molecule has 16 rings (SSSR count). The first-order valence-corrected chi connectivity index (χ1v) is 27.2. The Morgan fingerprint density at radius 1 is 0.306 bits per heavy atom. The highest BCUT2D eigenvalue weighted by atomic mass is 32.2. The lowest BCUT2D eigenvalue weighted by Crippen LogP contribution is -2.32. The highest BCUT2D eigenvalue weighted by molar-refractivity contribution is 7.99. The molecule has 0 bridgehead atoms. The summed E-state index contributed by atoms with van der Waals surface area (Å²) in [5.41, 5.74) is 20.7. The predicted molar refractivity (Wildman–Crippen MR) is 302 cm³/mol. The topological polar surface area (TPSA) is 3.24 Å². The fraction of sp³-hybridized carbons (Fsp3) is 0.0294. The minimum Gasteiger partial charge on any atom is -0.310 e. The van der Waals surface area contributed by atoms with Crippen LogP contribution in [0.5, 0.6) is 0 Å². The number of fused-ring (bicyclic) bond motifs is 21. The molecule has 0 amide bonds. The van der Waals surface area contributed by atoms with Crippen molar-refractivity contribution in [2.75, 3.05) is 4.90 Å². The average Bonchev–Trinajstić information content (AvgIpc) is 4.07. The van der Waals surface area contributed by atoms with Crippen LogP contribution in [0.25, 0.3) is 53.6 Å². The van der Waals surface area contributed by atoms with Gasteiger partial charge in [-0.05, 0) is 139 Å². The highest BCUT2D eigenvalue weighted by Gasteiger charge is 2.52. The molecule has 4 aliphatic rings. The molecule has 2 spiro atoms. The molecule has 0 atom stereocenters. The van der Waals surface area contributed by atoms with Gasteiger partial charge in [0.05, 0.1) is 16.5 Å². The van der Waals surface area contributed by atoms with Gasteiger partial charge in [-0.2, -0.15) is 0 Å². The first-order valence-electron chi connectivity index (χ1n) is 24.7. The maximum absolute atomic E-state index is 2.56. The van der Waals surface area contributed by atoms with Crippen molar-refractivity contribution in [3.05, 3.63) is 293 Å². The van der Waals surface area contributed by atoms with Gasteiger partial charge in [-0.15, -0.1) is 11.3 Å². The second-order valence-electron chi connectivity index (χ2n) is 19.4. The smallest absolute Gasteiger partial charge is 0.0736 e. The van der Waals surface area contributed by atoms with E-state index in [0.717, 1.165) is 17.1 Å². The first kappa shape index (κ1) is 40.8. The zero-order valence-corrected chi connectivity index (χ0v) is 41.3. The standard InChI is InChI=1S/C68H41NS3/c1-4-21-50-46(17-1)49-41-44(39-40-52(49)67(50)53-23-6-11-30-60(53)71-61-31-12-7-24-54(61)67)69(43-37-35-42(36-38-43)45-20-15-34-64-65(45)48-19-3-10-29-59(48)70-64)58-28-16-27-57-66(58)47-18-2-5-22-51(47)68(57)55-25-8-13-32-62(55)72-63-33-14-9-26-56(63)68/h1-41H. The molecular weight excluding hydrogens is 927 g/mol. The monoisotopic (exact) mass is 967 g/mol. The minimum atomic E-state index is -0.499. The van der Waals surface area contributed by atoms with E-state index in [4.69, 9.17) is 0 Å². The van der Waals surface area contributed by atoms with Crippen molar-refractivity contribution in [1.82, 2.24) is 0 Å². The van der Waals surface area contributed by atoms with Crippen LogP contribution in [0.4, 0.5) is 17.1 Å². The van der Waals surface area contributed by atoms with Crippen LogP contribution in [0.2, 0.25) is 0 Å². The van der Waals surface area contributed by atoms with Crippen LogP contribution in [0.15, 0.2) is 268 Å². The second-order valence-corrected chi connectivity index (χ2v) is 22.6. The lowest BCUT2D eigenvalue weighted by Gasteiger charge is -2.40. The zero-order valence-electron chi connectivity index (χ0n) is 38.8. The summed E-state index contributed by atoms with van der Waals surface area (Å²) < 4.78 is 2.63. The summed E-state index contributed by atoms with van der Waals surface area (Å²) in [6.45, 7) is 0. The third-order valence-corrected chi connectivity index (χ3v) is 19.5. The molecule has 3 heterocycles. The third-order valence-electron chi connectivity index (χ3n) is 16.0. The van der Waals surface area contributed by atoms with E-state index in [0.29, 0.717) is 0 Å². The van der Waals surface area contributed by atoms with Gasteiger partial charge in [-0.25, -0.2) is 0 Å². The third kappa shape index (κ3) is 5.36. The molecular formula is C68H41NS3. The summed E-state index contributed by atoms with van der Waals surface area (Å²) >= 11 is 5.66. The van der Waals surface area contributed by atoms with E-state index >= 15 is 0 Å². The molecule has 1 aromatic heterocycles. The lowest BCUT2D eigenvalue weighted by atomic mass is 9.67. The van der Waals surface area contributed by atoms with Crippen molar-refractivity contribution in [3.8, 4) is 33.4 Å². The van der Waals surface area contributed by atoms with E-state index in [2.05, 4.69) is 254 Å². The quantitative estimate of drug-likeness (QED) is 0.173. The van der Waals surface area contributed by atoms with E-state index in [9.17, 15) is 0 Å². The normalized spacial score (nSPS) is 14.5. The number of thiophene rings is 1. The minimum absolute atomic E-state index is 0.457. The molecule has 72 heavy (non-hydrogen) atoms. The van der Waals surface area contributed by atoms with E-state index in [1.54, 1.807) is 0 Å². The second kappa shape index (κ2) is 15.3. The number of rotatable bonds is 4. The largest absolute Gasteiger partial charge is 0.310 e. The molecule has 12 aromatic rings. The fourth-order valence-corrected chi connectivity index (χ4v) is 16.8. The molecule has 0 fully saturated rings. The van der Waals surface area contributed by atoms with Crippen molar-refractivity contribution in [1.29, 1.82) is 0 Å². The predicted octanol–water partition coefficient (Wildman–Crippen LogP) is 18.8. The van der Waals surface area contributed by atoms with Gasteiger partial charge in [0.2, 0.25) is 0 Å². The zero-order chi connectivity index (χ0) is 47.1. The maximum Gasteiger partial charge on any atom is 0.0736 e. The van der Waals surface area contributed by atoms with Gasteiger partial charge in [0.25, 0.3) is 0 Å². The maximum atomic E-state index is 2.56. The molecule has 2 aliphatic heterocycles. The fourth-order valence-electron chi connectivity index (χ4n) is 13.3. The summed E-state index contributed by atoms with van der Waals surface area (Å²) in [5.74, 6) is 0. The van der Waals surface area contributed by atoms with E-state index < -0.39 is 10.8 Å². The number of benzene rings is 11. The summed E-state index contributed by atoms with van der Waals surface area (Å²) in [5, 5.41) is 2.64. The Hall–Kier alpha value is -7.86. The first-order chi connectivity index (χ1) is 35.7. The van der Waals surface area contributed by atoms with Gasteiger partial charge in [0, 0.05) is 56.7 Å². The summed E-state index contributed by atoms with van der Waals surface area (Å²) in [4.78, 5) is 7.79. The number of anilines is 3. The Morgan fingerprint density at radius 3 is 1.42 bits per heavy atom. The highest BCUT2D eigenvalue weighted by Crippen LogP contribution is 2.66. The molecule has 336 valence electrons. The number of hydrogen-bond acceptors (Lipinski definition) is 4. The van der Waals surface area contributed by atoms with Crippen LogP contribution in [0.1, 0.15) is 44.5 Å². The van der Waals surface area contributed by atoms with Crippen LogP contribution in [0.3, 0.4) is 0 Å². The Balaban J connectivity index is 0.962. The number of nitrogens with zero attached hydrogens (tertiary/aromatic N) is 1. The Labute approximate surface area is 431 Å². The lowest BCUT2D eigenvalue weighted by molar-refractivity contribution is 0.722. The van der Waals surface area contributed by atoms with Gasteiger partial charge in [-0.3, -0.25) is 0 Å². The van der Waals surface area contributed by atoms with Crippen molar-refractivity contribution < 1.29 is 0 Å². The molecule has 0 saturated heterocycles. The van der Waals surface area contributed by atoms with Crippen LogP contribution in [-0.2, 0) is 10.8 Å². The van der Waals surface area contributed by atoms with Crippen LogP contribution in [0, 0.1) is 0 Å². The van der Waals surface area contributed by atoms with Gasteiger partial charge in [-0.1, -0.05) is 206 Å². The molecule has 2 aliphatic carbocycles. The molecule has 0 unspecified atom stereocenters. The van der Waals surface area contributed by atoms with Crippen LogP contribution < -0.4 is 4.90 Å². The molecule has 11 aromatic carbocycles. The molecule has 4 heteroatoms. The Kier molecular flexibility index (Phi) is 8.69. The van der Waals surface area contributed by atoms with Crippen LogP contribution >= 0.6 is 34.9 Å². The molecule has 0 saturated carbocycles. The van der Waals surface area contributed by atoms with Crippen molar-refractivity contribution in [2.24, 2.45) is 0 Å². The van der Waals surface area contributed by atoms with Crippen molar-refractivity contribution in [3.63, 3.8) is 0 Å². The summed E-state index contributed by atoms with van der Waals surface area (Å²) in [6.07, 6.45) is 0. The van der Waals surface area contributed by atoms with Gasteiger partial charge < -0.3 is 4.90 Å².